The number of nitrogens with one attached hydrogen (secondary N) is 1. The van der Waals surface area contributed by atoms with E-state index in [4.69, 9.17) is 4.74 Å². The number of H-pyrrole nitrogens is 1. The summed E-state index contributed by atoms with van der Waals surface area (Å²) in [6.07, 6.45) is 4.42. The first kappa shape index (κ1) is 24.4. The lowest BCUT2D eigenvalue weighted by molar-refractivity contribution is 0.197. The number of ether oxygens (including phenoxy) is 1. The minimum atomic E-state index is -0.378. The number of aromatic nitrogens is 5. The molecule has 2 fully saturated rings. The molecular formula is C28H33N7O3. The van der Waals surface area contributed by atoms with Crippen LogP contribution in [-0.2, 0) is 0 Å². The van der Waals surface area contributed by atoms with E-state index in [1.165, 1.54) is 0 Å². The number of anilines is 1. The molecule has 2 aromatic carbocycles. The zero-order valence-corrected chi connectivity index (χ0v) is 21.6. The van der Waals surface area contributed by atoms with Gasteiger partial charge in [0, 0.05) is 48.3 Å². The third kappa shape index (κ3) is 4.71. The zero-order valence-electron chi connectivity index (χ0n) is 21.6. The highest BCUT2D eigenvalue weighted by Crippen LogP contribution is 2.35. The van der Waals surface area contributed by atoms with Crippen molar-refractivity contribution in [3.63, 3.8) is 0 Å². The second-order valence-electron chi connectivity index (χ2n) is 10.1. The number of rotatable bonds is 7. The smallest absolute Gasteiger partial charge is 0.253 e. The second-order valence-corrected chi connectivity index (χ2v) is 10.1. The fourth-order valence-electron chi connectivity index (χ4n) is 5.85. The minimum absolute atomic E-state index is 0.131. The van der Waals surface area contributed by atoms with Crippen molar-refractivity contribution >= 4 is 16.6 Å². The number of fused-ring (bicyclic) bond motifs is 1. The van der Waals surface area contributed by atoms with Crippen LogP contribution >= 0.6 is 0 Å². The van der Waals surface area contributed by atoms with E-state index < -0.39 is 0 Å². The maximum atomic E-state index is 13.5. The van der Waals surface area contributed by atoms with Crippen molar-refractivity contribution in [1.29, 1.82) is 0 Å². The van der Waals surface area contributed by atoms with Crippen molar-refractivity contribution < 1.29 is 9.84 Å². The number of aromatic amines is 1. The van der Waals surface area contributed by atoms with Crippen molar-refractivity contribution in [3.05, 3.63) is 70.3 Å². The highest BCUT2D eigenvalue weighted by atomic mass is 16.5. The van der Waals surface area contributed by atoms with Crippen molar-refractivity contribution in [2.24, 2.45) is 0 Å². The molecule has 1 aliphatic carbocycles. The minimum Gasteiger partial charge on any atom is -0.508 e. The van der Waals surface area contributed by atoms with Crippen molar-refractivity contribution in [2.75, 3.05) is 37.7 Å². The second kappa shape index (κ2) is 10.4. The molecule has 198 valence electrons. The van der Waals surface area contributed by atoms with Crippen LogP contribution in [0.5, 0.6) is 11.5 Å². The number of hydrogen-bond acceptors (Lipinski definition) is 8. The summed E-state index contributed by atoms with van der Waals surface area (Å²) in [5, 5.41) is 23.6. The summed E-state index contributed by atoms with van der Waals surface area (Å²) in [7, 11) is 0. The average molecular weight is 516 g/mol. The first-order valence-electron chi connectivity index (χ1n) is 13.5. The summed E-state index contributed by atoms with van der Waals surface area (Å²) in [5.74, 6) is 1.75. The Bertz CT molecular complexity index is 1450. The van der Waals surface area contributed by atoms with Gasteiger partial charge in [0.2, 0.25) is 0 Å². The van der Waals surface area contributed by atoms with E-state index in [-0.39, 0.29) is 23.4 Å². The molecule has 1 saturated carbocycles. The molecular weight excluding hydrogens is 482 g/mol. The quantitative estimate of drug-likeness (QED) is 0.384. The van der Waals surface area contributed by atoms with Gasteiger partial charge in [0.15, 0.2) is 5.82 Å². The van der Waals surface area contributed by atoms with Crippen LogP contribution < -0.4 is 15.2 Å². The number of tetrazole rings is 1. The maximum Gasteiger partial charge on any atom is 0.253 e. The molecule has 3 heterocycles. The molecule has 10 heteroatoms. The molecule has 2 N–H and O–H groups in total. The summed E-state index contributed by atoms with van der Waals surface area (Å²) in [6.45, 7) is 5.57. The zero-order chi connectivity index (χ0) is 26.1. The molecule has 4 aromatic rings. The van der Waals surface area contributed by atoms with Gasteiger partial charge >= 0.3 is 0 Å². The lowest BCUT2D eigenvalue weighted by Gasteiger charge is -2.39. The van der Waals surface area contributed by atoms with Crippen molar-refractivity contribution in [1.82, 2.24) is 30.1 Å². The Balaban J connectivity index is 1.38. The summed E-state index contributed by atoms with van der Waals surface area (Å²) in [5.41, 5.74) is 2.35. The number of benzene rings is 2. The Kier molecular flexibility index (Phi) is 6.71. The summed E-state index contributed by atoms with van der Waals surface area (Å²) >= 11 is 0. The van der Waals surface area contributed by atoms with E-state index in [1.54, 1.807) is 12.1 Å². The van der Waals surface area contributed by atoms with Gasteiger partial charge in [-0.2, -0.15) is 0 Å². The Morgan fingerprint density at radius 2 is 1.82 bits per heavy atom. The number of phenols is 1. The molecule has 0 spiro atoms. The molecule has 2 aromatic heterocycles. The Morgan fingerprint density at radius 3 is 2.55 bits per heavy atom. The van der Waals surface area contributed by atoms with Gasteiger partial charge in [-0.1, -0.05) is 12.8 Å². The first-order valence-corrected chi connectivity index (χ1v) is 13.5. The van der Waals surface area contributed by atoms with E-state index in [2.05, 4.69) is 30.3 Å². The highest BCUT2D eigenvalue weighted by Gasteiger charge is 2.34. The molecule has 0 amide bonds. The van der Waals surface area contributed by atoms with Crippen LogP contribution in [0.25, 0.3) is 10.9 Å². The molecule has 6 rings (SSSR count). The van der Waals surface area contributed by atoms with Gasteiger partial charge in [0.1, 0.15) is 17.5 Å². The van der Waals surface area contributed by atoms with Gasteiger partial charge in [0.05, 0.1) is 12.6 Å². The van der Waals surface area contributed by atoms with Crippen LogP contribution in [0.15, 0.2) is 53.3 Å². The van der Waals surface area contributed by atoms with E-state index in [0.29, 0.717) is 12.2 Å². The fourth-order valence-corrected chi connectivity index (χ4v) is 5.85. The van der Waals surface area contributed by atoms with Crippen molar-refractivity contribution in [3.8, 4) is 11.5 Å². The average Bonchev–Trinajstić information content (AvgIpc) is 3.63. The maximum absolute atomic E-state index is 13.5. The molecule has 0 radical (unpaired) electrons. The molecule has 1 saturated heterocycles. The monoisotopic (exact) mass is 515 g/mol. The van der Waals surface area contributed by atoms with Crippen LogP contribution in [0.1, 0.15) is 56.1 Å². The molecule has 10 nitrogen and oxygen atoms in total. The fraction of sp³-hybridized carbons (Fsp3) is 0.429. The number of piperazine rings is 1. The largest absolute Gasteiger partial charge is 0.508 e. The van der Waals surface area contributed by atoms with Gasteiger partial charge in [-0.05, 0) is 78.7 Å². The van der Waals surface area contributed by atoms with Crippen LogP contribution in [0.3, 0.4) is 0 Å². The molecule has 2 aliphatic rings. The molecule has 0 bridgehead atoms. The molecule has 0 unspecified atom stereocenters. The predicted molar refractivity (Wildman–Crippen MR) is 145 cm³/mol. The number of phenolic OH excluding ortho intramolecular Hbond substituents is 1. The predicted octanol–water partition coefficient (Wildman–Crippen LogP) is 3.65. The molecule has 1 aliphatic heterocycles. The van der Waals surface area contributed by atoms with E-state index in [9.17, 15) is 9.90 Å². The van der Waals surface area contributed by atoms with E-state index in [1.807, 2.05) is 48.0 Å². The Labute approximate surface area is 220 Å². The highest BCUT2D eigenvalue weighted by molar-refractivity contribution is 5.80. The number of nitrogens with zero attached hydrogens (tertiary/aromatic N) is 6. The van der Waals surface area contributed by atoms with Crippen molar-refractivity contribution in [2.45, 2.75) is 44.7 Å². The number of aromatic hydroxyl groups is 1. The van der Waals surface area contributed by atoms with Gasteiger partial charge in [-0.3, -0.25) is 9.69 Å². The third-order valence-electron chi connectivity index (χ3n) is 7.78. The number of hydrogen-bond donors (Lipinski definition) is 2. The van der Waals surface area contributed by atoms with E-state index >= 15 is 0 Å². The summed E-state index contributed by atoms with van der Waals surface area (Å²) < 4.78 is 7.68. The Morgan fingerprint density at radius 1 is 1.05 bits per heavy atom. The third-order valence-corrected chi connectivity index (χ3v) is 7.78. The normalized spacial score (nSPS) is 17.8. The summed E-state index contributed by atoms with van der Waals surface area (Å²) in [6, 6.07) is 14.9. The standard InChI is InChI=1S/C28H33N7O3/c1-2-38-23-11-12-25-19(17-23)18-24(28(37)29-25)26(27-30-31-32-35(27)21-5-3-4-6-21)34-15-13-33(14-16-34)20-7-9-22(36)10-8-20/h7-12,17-18,21,26,36H,2-6,13-16H2,1H3,(H,29,37)/t26-/m1/s1. The van der Waals surface area contributed by atoms with Crippen LogP contribution in [-0.4, -0.2) is 68.0 Å². The van der Waals surface area contributed by atoms with Crippen LogP contribution in [0.2, 0.25) is 0 Å². The lowest BCUT2D eigenvalue weighted by Crippen LogP contribution is -2.49. The molecule has 38 heavy (non-hydrogen) atoms. The Hall–Kier alpha value is -3.92. The lowest BCUT2D eigenvalue weighted by atomic mass is 10.0. The van der Waals surface area contributed by atoms with Gasteiger partial charge in [0.25, 0.3) is 5.56 Å². The molecule has 1 atom stereocenters. The van der Waals surface area contributed by atoms with Gasteiger partial charge < -0.3 is 19.7 Å². The SMILES string of the molecule is CCOc1ccc2[nH]c(=O)c([C@H](c3nnnn3C3CCCC3)N3CCN(c4ccc(O)cc4)CC3)cc2c1. The van der Waals surface area contributed by atoms with Gasteiger partial charge in [-0.15, -0.1) is 5.10 Å². The van der Waals surface area contributed by atoms with Crippen LogP contribution in [0.4, 0.5) is 5.69 Å². The number of pyridine rings is 1. The topological polar surface area (TPSA) is 112 Å². The first-order chi connectivity index (χ1) is 18.6. The van der Waals surface area contributed by atoms with Gasteiger partial charge in [-0.25, -0.2) is 4.68 Å². The summed E-state index contributed by atoms with van der Waals surface area (Å²) in [4.78, 5) is 21.3. The van der Waals surface area contributed by atoms with E-state index in [0.717, 1.165) is 80.0 Å². The van der Waals surface area contributed by atoms with Crippen LogP contribution in [0, 0.1) is 0 Å².